The van der Waals surface area contributed by atoms with Crippen LogP contribution in [0.4, 0.5) is 0 Å². The first-order chi connectivity index (χ1) is 10.6. The number of nitrogens with one attached hydrogen (secondary N) is 1. The van der Waals surface area contributed by atoms with Gasteiger partial charge in [0.1, 0.15) is 5.78 Å². The second-order valence-corrected chi connectivity index (χ2v) is 6.62. The van der Waals surface area contributed by atoms with Crippen LogP contribution < -0.4 is 10.1 Å². The minimum absolute atomic E-state index is 0.233. The number of fused-ring (bicyclic) bond motifs is 3. The third-order valence-corrected chi connectivity index (χ3v) is 5.83. The monoisotopic (exact) mass is 303 g/mol. The Balaban J connectivity index is 2.23. The van der Waals surface area contributed by atoms with Crippen molar-refractivity contribution in [1.82, 2.24) is 5.32 Å². The molecule has 1 saturated carbocycles. The first kappa shape index (κ1) is 15.3. The number of carbonyl (C=O) groups excluding carboxylic acids is 1. The summed E-state index contributed by atoms with van der Waals surface area (Å²) in [5.41, 5.74) is 1.83. The number of Topliss-reactive ketones (excluding diaryl/α,β-unsaturated/α-hetero) is 1. The van der Waals surface area contributed by atoms with E-state index >= 15 is 0 Å². The van der Waals surface area contributed by atoms with Crippen molar-refractivity contribution in [2.75, 3.05) is 14.2 Å². The minimum Gasteiger partial charge on any atom is -0.504 e. The van der Waals surface area contributed by atoms with Crippen molar-refractivity contribution >= 4 is 5.78 Å². The fourth-order valence-corrected chi connectivity index (χ4v) is 4.77. The van der Waals surface area contributed by atoms with E-state index in [2.05, 4.69) is 12.2 Å². The van der Waals surface area contributed by atoms with Gasteiger partial charge in [-0.25, -0.2) is 0 Å². The number of rotatable bonds is 3. The molecule has 0 aromatic heterocycles. The van der Waals surface area contributed by atoms with E-state index in [0.29, 0.717) is 36.3 Å². The van der Waals surface area contributed by atoms with E-state index in [0.717, 1.165) is 30.4 Å². The lowest BCUT2D eigenvalue weighted by Gasteiger charge is -2.51. The summed E-state index contributed by atoms with van der Waals surface area (Å²) in [4.78, 5) is 12.2. The Bertz CT molecular complexity index is 598. The fourth-order valence-electron chi connectivity index (χ4n) is 4.77. The number of ether oxygens (including phenoxy) is 1. The molecule has 0 heterocycles. The summed E-state index contributed by atoms with van der Waals surface area (Å²) >= 11 is 0. The molecule has 1 aromatic rings. The number of carbonyl (C=O) groups is 1. The molecule has 120 valence electrons. The van der Waals surface area contributed by atoms with Gasteiger partial charge < -0.3 is 15.2 Å². The number of phenolic OH excluding ortho intramolecular Hbond substituents is 1. The minimum atomic E-state index is -0.269. The number of hydrogen-bond donors (Lipinski definition) is 2. The number of ketones is 1. The van der Waals surface area contributed by atoms with Crippen LogP contribution in [0.5, 0.6) is 11.5 Å². The smallest absolute Gasteiger partial charge is 0.161 e. The SMILES string of the molecule is CC[C@]12CC(=O)CC[C@H]1[C@H](NC)Cc1ccc(OC)c(O)c12. The van der Waals surface area contributed by atoms with Crippen molar-refractivity contribution in [2.24, 2.45) is 5.92 Å². The van der Waals surface area contributed by atoms with Gasteiger partial charge >= 0.3 is 0 Å². The Labute approximate surface area is 131 Å². The summed E-state index contributed by atoms with van der Waals surface area (Å²) in [6.07, 6.45) is 3.83. The largest absolute Gasteiger partial charge is 0.504 e. The van der Waals surface area contributed by atoms with Gasteiger partial charge in [-0.2, -0.15) is 0 Å². The average molecular weight is 303 g/mol. The first-order valence-corrected chi connectivity index (χ1v) is 8.15. The molecule has 1 fully saturated rings. The van der Waals surface area contributed by atoms with Gasteiger partial charge in [0.25, 0.3) is 0 Å². The molecule has 0 saturated heterocycles. The van der Waals surface area contributed by atoms with Crippen molar-refractivity contribution in [1.29, 1.82) is 0 Å². The van der Waals surface area contributed by atoms with E-state index in [-0.39, 0.29) is 11.2 Å². The van der Waals surface area contributed by atoms with Gasteiger partial charge in [0, 0.05) is 29.9 Å². The zero-order valence-corrected chi connectivity index (χ0v) is 13.6. The van der Waals surface area contributed by atoms with Gasteiger partial charge in [-0.05, 0) is 43.9 Å². The Morgan fingerprint density at radius 3 is 2.86 bits per heavy atom. The molecule has 4 heteroatoms. The Morgan fingerprint density at radius 1 is 1.45 bits per heavy atom. The van der Waals surface area contributed by atoms with Crippen LogP contribution in [0.1, 0.15) is 43.7 Å². The standard InChI is InChI=1S/C18H25NO3/c1-4-18-10-12(20)6-7-13(18)14(19-2)9-11-5-8-15(22-3)17(21)16(11)18/h5,8,13-14,19,21H,4,6-7,9-10H2,1-3H3/t13-,14+,18-/m0/s1. The molecule has 0 amide bonds. The van der Waals surface area contributed by atoms with Crippen LogP contribution in [0, 0.1) is 5.92 Å². The van der Waals surface area contributed by atoms with E-state index in [9.17, 15) is 9.90 Å². The Hall–Kier alpha value is -1.55. The summed E-state index contributed by atoms with van der Waals surface area (Å²) in [5, 5.41) is 14.2. The normalized spacial score (nSPS) is 30.6. The highest BCUT2D eigenvalue weighted by molar-refractivity contribution is 5.82. The second kappa shape index (κ2) is 5.58. The number of hydrogen-bond acceptors (Lipinski definition) is 4. The molecule has 0 bridgehead atoms. The molecule has 2 aliphatic rings. The zero-order chi connectivity index (χ0) is 15.9. The molecular formula is C18H25NO3. The van der Waals surface area contributed by atoms with Gasteiger partial charge in [0.15, 0.2) is 11.5 Å². The van der Waals surface area contributed by atoms with Crippen LogP contribution in [0.3, 0.4) is 0 Å². The third kappa shape index (κ3) is 2.04. The summed E-state index contributed by atoms with van der Waals surface area (Å²) in [6.45, 7) is 2.13. The molecule has 3 rings (SSSR count). The van der Waals surface area contributed by atoms with Crippen LogP contribution in [0.15, 0.2) is 12.1 Å². The maximum absolute atomic E-state index is 12.2. The van der Waals surface area contributed by atoms with Crippen molar-refractivity contribution in [3.05, 3.63) is 23.3 Å². The second-order valence-electron chi connectivity index (χ2n) is 6.62. The molecule has 0 unspecified atom stereocenters. The Kier molecular flexibility index (Phi) is 3.89. The average Bonchev–Trinajstić information content (AvgIpc) is 2.53. The van der Waals surface area contributed by atoms with Gasteiger partial charge in [-0.1, -0.05) is 13.0 Å². The zero-order valence-electron chi connectivity index (χ0n) is 13.6. The molecule has 3 atom stereocenters. The fraction of sp³-hybridized carbons (Fsp3) is 0.611. The van der Waals surface area contributed by atoms with Gasteiger partial charge in [-0.3, -0.25) is 4.79 Å². The third-order valence-electron chi connectivity index (χ3n) is 5.83. The van der Waals surface area contributed by atoms with Crippen molar-refractivity contribution < 1.29 is 14.6 Å². The molecule has 0 radical (unpaired) electrons. The van der Waals surface area contributed by atoms with Crippen molar-refractivity contribution in [3.63, 3.8) is 0 Å². The quantitative estimate of drug-likeness (QED) is 0.901. The van der Waals surface area contributed by atoms with Gasteiger partial charge in [0.05, 0.1) is 7.11 Å². The molecule has 22 heavy (non-hydrogen) atoms. The van der Waals surface area contributed by atoms with Crippen LogP contribution >= 0.6 is 0 Å². The molecule has 0 aliphatic heterocycles. The van der Waals surface area contributed by atoms with E-state index < -0.39 is 0 Å². The Morgan fingerprint density at radius 2 is 2.23 bits per heavy atom. The lowest BCUT2D eigenvalue weighted by molar-refractivity contribution is -0.124. The summed E-state index contributed by atoms with van der Waals surface area (Å²) in [5.74, 6) is 1.43. The molecular weight excluding hydrogens is 278 g/mol. The van der Waals surface area contributed by atoms with Gasteiger partial charge in [-0.15, -0.1) is 0 Å². The van der Waals surface area contributed by atoms with Crippen LogP contribution in [-0.2, 0) is 16.6 Å². The molecule has 1 aromatic carbocycles. The number of methoxy groups -OCH3 is 1. The summed E-state index contributed by atoms with van der Waals surface area (Å²) in [7, 11) is 3.57. The van der Waals surface area contributed by atoms with Crippen molar-refractivity contribution in [3.8, 4) is 11.5 Å². The highest BCUT2D eigenvalue weighted by atomic mass is 16.5. The number of phenols is 1. The van der Waals surface area contributed by atoms with Gasteiger partial charge in [0.2, 0.25) is 0 Å². The first-order valence-electron chi connectivity index (χ1n) is 8.15. The van der Waals surface area contributed by atoms with E-state index in [1.165, 1.54) is 0 Å². The lowest BCUT2D eigenvalue weighted by atomic mass is 9.54. The predicted octanol–water partition coefficient (Wildman–Crippen LogP) is 2.56. The maximum Gasteiger partial charge on any atom is 0.161 e. The summed E-state index contributed by atoms with van der Waals surface area (Å²) in [6, 6.07) is 4.23. The van der Waals surface area contributed by atoms with E-state index in [4.69, 9.17) is 4.74 Å². The predicted molar refractivity (Wildman–Crippen MR) is 85.5 cm³/mol. The van der Waals surface area contributed by atoms with Crippen LogP contribution in [0.2, 0.25) is 0 Å². The van der Waals surface area contributed by atoms with Crippen molar-refractivity contribution in [2.45, 2.75) is 50.5 Å². The highest BCUT2D eigenvalue weighted by Crippen LogP contribution is 2.55. The molecule has 2 aliphatic carbocycles. The van der Waals surface area contributed by atoms with Crippen LogP contribution in [-0.4, -0.2) is 31.1 Å². The number of aromatic hydroxyl groups is 1. The lowest BCUT2D eigenvalue weighted by Crippen LogP contribution is -2.54. The van der Waals surface area contributed by atoms with Crippen LogP contribution in [0.25, 0.3) is 0 Å². The summed E-state index contributed by atoms with van der Waals surface area (Å²) < 4.78 is 5.31. The topological polar surface area (TPSA) is 58.6 Å². The van der Waals surface area contributed by atoms with E-state index in [1.54, 1.807) is 7.11 Å². The molecule has 0 spiro atoms. The number of benzene rings is 1. The number of likely N-dealkylation sites (N-methyl/N-ethyl adjacent to an activating group) is 1. The van der Waals surface area contributed by atoms with E-state index in [1.807, 2.05) is 19.2 Å². The molecule has 2 N–H and O–H groups in total. The molecule has 4 nitrogen and oxygen atoms in total. The highest BCUT2D eigenvalue weighted by Gasteiger charge is 2.51. The maximum atomic E-state index is 12.2.